The highest BCUT2D eigenvalue weighted by Crippen LogP contribution is 2.46. The monoisotopic (exact) mass is 689 g/mol. The third-order valence-corrected chi connectivity index (χ3v) is 9.55. The van der Waals surface area contributed by atoms with Crippen molar-refractivity contribution in [1.29, 1.82) is 0 Å². The molecule has 12 nitrogen and oxygen atoms in total. The molecule has 5 aromatic rings. The average molecular weight is 690 g/mol. The summed E-state index contributed by atoms with van der Waals surface area (Å²) in [6.45, 7) is 6.37. The first-order valence-electron chi connectivity index (χ1n) is 14.5. The fraction of sp³-hybridized carbons (Fsp3) is 0.147. The molecule has 14 heteroatoms. The smallest absolute Gasteiger partial charge is 0.296 e. The zero-order valence-corrected chi connectivity index (χ0v) is 27.6. The third kappa shape index (κ3) is 7.37. The number of nitrogens with zero attached hydrogens (tertiary/aromatic N) is 2. The van der Waals surface area contributed by atoms with Crippen LogP contribution in [0.5, 0.6) is 17.2 Å². The Hall–Kier alpha value is -5.15. The Balaban J connectivity index is 1.62. The van der Waals surface area contributed by atoms with E-state index < -0.39 is 47.4 Å². The van der Waals surface area contributed by atoms with Gasteiger partial charge in [-0.15, -0.1) is 10.2 Å². The van der Waals surface area contributed by atoms with Crippen LogP contribution in [0.3, 0.4) is 0 Å². The van der Waals surface area contributed by atoms with E-state index >= 15 is 0 Å². The summed E-state index contributed by atoms with van der Waals surface area (Å²) in [6.07, 6.45) is 0.937. The first-order valence-corrected chi connectivity index (χ1v) is 17.4. The molecule has 0 bridgehead atoms. The minimum atomic E-state index is -5.10. The Morgan fingerprint density at radius 1 is 0.833 bits per heavy atom. The van der Waals surface area contributed by atoms with E-state index in [1.54, 1.807) is 48.5 Å². The quantitative estimate of drug-likeness (QED) is 0.0826. The van der Waals surface area contributed by atoms with E-state index in [1.807, 2.05) is 12.1 Å². The van der Waals surface area contributed by atoms with Crippen molar-refractivity contribution in [3.8, 4) is 17.2 Å². The molecule has 0 fully saturated rings. The molecule has 5 aromatic carbocycles. The zero-order valence-electron chi connectivity index (χ0n) is 25.9. The number of phenols is 1. The van der Waals surface area contributed by atoms with Crippen molar-refractivity contribution in [1.82, 2.24) is 0 Å². The summed E-state index contributed by atoms with van der Waals surface area (Å²) in [7, 11) is -9.98. The minimum Gasteiger partial charge on any atom is -0.505 e. The Labute approximate surface area is 277 Å². The summed E-state index contributed by atoms with van der Waals surface area (Å²) in [4.78, 5) is 11.4. The van der Waals surface area contributed by atoms with Gasteiger partial charge in [0.05, 0.1) is 10.6 Å². The van der Waals surface area contributed by atoms with Crippen LogP contribution in [0.1, 0.15) is 43.1 Å². The van der Waals surface area contributed by atoms with E-state index in [4.69, 9.17) is 4.74 Å². The fourth-order valence-electron chi connectivity index (χ4n) is 4.82. The molecule has 0 aromatic heterocycles. The van der Waals surface area contributed by atoms with Crippen molar-refractivity contribution in [3.63, 3.8) is 0 Å². The molecule has 4 N–H and O–H groups in total. The van der Waals surface area contributed by atoms with Gasteiger partial charge in [0.25, 0.3) is 26.1 Å². The second-order valence-corrected chi connectivity index (χ2v) is 14.3. The Morgan fingerprint density at radius 2 is 1.48 bits per heavy atom. The number of nitrogens with one attached hydrogen (secondary N) is 1. The molecule has 0 aliphatic carbocycles. The summed E-state index contributed by atoms with van der Waals surface area (Å²) < 4.78 is 75.0. The van der Waals surface area contributed by atoms with Crippen LogP contribution in [-0.2, 0) is 25.7 Å². The summed E-state index contributed by atoms with van der Waals surface area (Å²) in [5, 5.41) is 21.5. The largest absolute Gasteiger partial charge is 0.505 e. The van der Waals surface area contributed by atoms with Gasteiger partial charge >= 0.3 is 0 Å². The molecule has 0 saturated heterocycles. The van der Waals surface area contributed by atoms with Crippen LogP contribution in [-0.4, -0.2) is 37.0 Å². The van der Waals surface area contributed by atoms with Crippen molar-refractivity contribution in [3.05, 3.63) is 108 Å². The third-order valence-electron chi connectivity index (χ3n) is 7.85. The fourth-order valence-corrected chi connectivity index (χ4v) is 6.02. The zero-order chi connectivity index (χ0) is 34.9. The number of benzene rings is 5. The molecule has 0 heterocycles. The second-order valence-electron chi connectivity index (χ2n) is 11.4. The lowest BCUT2D eigenvalue weighted by Crippen LogP contribution is -2.14. The molecule has 0 aliphatic rings. The van der Waals surface area contributed by atoms with Gasteiger partial charge in [0.2, 0.25) is 0 Å². The van der Waals surface area contributed by atoms with Crippen molar-refractivity contribution >= 4 is 54.0 Å². The summed E-state index contributed by atoms with van der Waals surface area (Å²) in [5.74, 6) is -0.829. The SMILES string of the molecule is CCC(C)(C)c1ccc(Oc2ccccc2N=Nc2c(S(=O)(=O)O)cc3cc(S(=O)(=O)O)cc(NC(=O)c4ccccc4)c3c2O)cc1. The van der Waals surface area contributed by atoms with Gasteiger partial charge in [0.15, 0.2) is 11.5 Å². The molecule has 0 atom stereocenters. The number of phenolic OH excluding ortho intramolecular Hbond substituents is 1. The first-order chi connectivity index (χ1) is 22.6. The average Bonchev–Trinajstić information content (AvgIpc) is 3.04. The van der Waals surface area contributed by atoms with Crippen LogP contribution < -0.4 is 10.1 Å². The van der Waals surface area contributed by atoms with Crippen LogP contribution in [0.15, 0.2) is 117 Å². The topological polar surface area (TPSA) is 192 Å². The Kier molecular flexibility index (Phi) is 9.37. The summed E-state index contributed by atoms with van der Waals surface area (Å²) >= 11 is 0. The molecule has 0 saturated carbocycles. The molecular formula is C34H31N3O9S2. The van der Waals surface area contributed by atoms with Crippen LogP contribution in [0, 0.1) is 0 Å². The number of azo groups is 1. The first kappa shape index (κ1) is 34.2. The number of carbonyl (C=O) groups excluding carboxylic acids is 1. The standard InChI is InChI=1S/C34H31N3O9S2/c1-4-34(2,3)23-14-16-24(17-15-23)46-28-13-9-8-12-26(28)36-37-31-29(48(43,44)45)19-22-18-25(47(40,41)42)20-27(30(22)32(31)38)35-33(39)21-10-6-5-7-11-21/h5-20,38H,4H2,1-3H3,(H,35,39)(H,40,41,42)(H,43,44,45). The van der Waals surface area contributed by atoms with Gasteiger partial charge in [-0.1, -0.05) is 63.2 Å². The molecular weight excluding hydrogens is 659 g/mol. The highest BCUT2D eigenvalue weighted by molar-refractivity contribution is 7.86. The number of fused-ring (bicyclic) bond motifs is 1. The predicted octanol–water partition coefficient (Wildman–Crippen LogP) is 8.19. The van der Waals surface area contributed by atoms with Gasteiger partial charge in [-0.3, -0.25) is 13.9 Å². The lowest BCUT2D eigenvalue weighted by atomic mass is 9.82. The number of anilines is 1. The number of ether oxygens (including phenoxy) is 1. The Morgan fingerprint density at radius 3 is 2.10 bits per heavy atom. The summed E-state index contributed by atoms with van der Waals surface area (Å²) in [5.41, 5.74) is 0.393. The van der Waals surface area contributed by atoms with Crippen LogP contribution in [0.25, 0.3) is 10.8 Å². The molecule has 48 heavy (non-hydrogen) atoms. The van der Waals surface area contributed by atoms with Crippen LogP contribution in [0.4, 0.5) is 17.1 Å². The van der Waals surface area contributed by atoms with Gasteiger partial charge < -0.3 is 15.2 Å². The lowest BCUT2D eigenvalue weighted by molar-refractivity contribution is 0.102. The Bertz CT molecular complexity index is 2270. The molecule has 0 aliphatic heterocycles. The van der Waals surface area contributed by atoms with Crippen molar-refractivity contribution in [2.45, 2.75) is 42.4 Å². The molecule has 0 spiro atoms. The number of aromatic hydroxyl groups is 1. The maximum Gasteiger partial charge on any atom is 0.296 e. The van der Waals surface area contributed by atoms with Crippen LogP contribution in [0.2, 0.25) is 0 Å². The number of hydrogen-bond donors (Lipinski definition) is 4. The predicted molar refractivity (Wildman–Crippen MR) is 180 cm³/mol. The van der Waals surface area contributed by atoms with Gasteiger partial charge in [-0.05, 0) is 77.4 Å². The molecule has 0 unspecified atom stereocenters. The van der Waals surface area contributed by atoms with E-state index in [9.17, 15) is 35.8 Å². The number of amides is 1. The highest BCUT2D eigenvalue weighted by Gasteiger charge is 2.26. The molecule has 0 radical (unpaired) electrons. The molecule has 5 rings (SSSR count). The normalized spacial score (nSPS) is 12.4. The number of carbonyl (C=O) groups is 1. The van der Waals surface area contributed by atoms with Crippen molar-refractivity contribution in [2.75, 3.05) is 5.32 Å². The van der Waals surface area contributed by atoms with E-state index in [0.29, 0.717) is 5.75 Å². The van der Waals surface area contributed by atoms with E-state index in [1.165, 1.54) is 18.2 Å². The summed E-state index contributed by atoms with van der Waals surface area (Å²) in [6, 6.07) is 24.4. The van der Waals surface area contributed by atoms with Gasteiger partial charge in [-0.25, -0.2) is 0 Å². The number of para-hydroxylation sites is 1. The lowest BCUT2D eigenvalue weighted by Gasteiger charge is -2.23. The van der Waals surface area contributed by atoms with Crippen molar-refractivity contribution in [2.24, 2.45) is 10.2 Å². The van der Waals surface area contributed by atoms with E-state index in [2.05, 4.69) is 36.3 Å². The van der Waals surface area contributed by atoms with E-state index in [0.717, 1.165) is 30.2 Å². The minimum absolute atomic E-state index is 0.0323. The van der Waals surface area contributed by atoms with E-state index in [-0.39, 0.29) is 38.9 Å². The maximum absolute atomic E-state index is 13.0. The molecule has 1 amide bonds. The van der Waals surface area contributed by atoms with Gasteiger partial charge in [0.1, 0.15) is 22.0 Å². The number of rotatable bonds is 10. The number of hydrogen-bond acceptors (Lipinski definition) is 9. The van der Waals surface area contributed by atoms with Gasteiger partial charge in [-0.2, -0.15) is 16.8 Å². The van der Waals surface area contributed by atoms with Gasteiger partial charge in [0, 0.05) is 10.9 Å². The molecule has 248 valence electrons. The second kappa shape index (κ2) is 13.2. The van der Waals surface area contributed by atoms with Crippen molar-refractivity contribution < 1.29 is 40.6 Å². The van der Waals surface area contributed by atoms with Crippen LogP contribution >= 0.6 is 0 Å². The maximum atomic E-state index is 13.0. The highest BCUT2D eigenvalue weighted by atomic mass is 32.2.